The molecule has 0 radical (unpaired) electrons. The zero-order chi connectivity index (χ0) is 20.4. The molecule has 7 nitrogen and oxygen atoms in total. The quantitative estimate of drug-likeness (QED) is 0.694. The van der Waals surface area contributed by atoms with Crippen molar-refractivity contribution in [3.63, 3.8) is 0 Å². The van der Waals surface area contributed by atoms with Crippen LogP contribution in [0.1, 0.15) is 31.0 Å². The molecule has 3 aromatic rings. The Morgan fingerprint density at radius 3 is 2.93 bits per heavy atom. The minimum Gasteiger partial charge on any atom is -0.489 e. The Morgan fingerprint density at radius 1 is 1.31 bits per heavy atom. The SMILES string of the molecule is CC(C)Oc1ccc(C#N)cc1NC(=O)NCC1c2ccccc2-c2cncn21. The second kappa shape index (κ2) is 7.68. The molecule has 2 N–H and O–H groups in total. The predicted molar refractivity (Wildman–Crippen MR) is 110 cm³/mol. The maximum absolute atomic E-state index is 12.6. The van der Waals surface area contributed by atoms with E-state index in [4.69, 9.17) is 10.00 Å². The topological polar surface area (TPSA) is 92.0 Å². The highest BCUT2D eigenvalue weighted by molar-refractivity contribution is 5.91. The summed E-state index contributed by atoms with van der Waals surface area (Å²) in [5, 5.41) is 14.9. The highest BCUT2D eigenvalue weighted by Crippen LogP contribution is 2.38. The number of anilines is 1. The van der Waals surface area contributed by atoms with Crippen LogP contribution in [0.3, 0.4) is 0 Å². The predicted octanol–water partition coefficient (Wildman–Crippen LogP) is 3.93. The highest BCUT2D eigenvalue weighted by atomic mass is 16.5. The average molecular weight is 387 g/mol. The summed E-state index contributed by atoms with van der Waals surface area (Å²) in [6, 6.07) is 14.8. The van der Waals surface area contributed by atoms with Crippen molar-refractivity contribution in [1.82, 2.24) is 14.9 Å². The number of amides is 2. The number of carbonyl (C=O) groups excluding carboxylic acids is 1. The molecular weight excluding hydrogens is 366 g/mol. The minimum absolute atomic E-state index is 0.0220. The number of aromatic nitrogens is 2. The second-order valence-corrected chi connectivity index (χ2v) is 7.11. The largest absolute Gasteiger partial charge is 0.489 e. The summed E-state index contributed by atoms with van der Waals surface area (Å²) >= 11 is 0. The number of ether oxygens (including phenoxy) is 1. The molecule has 2 heterocycles. The Labute approximate surface area is 169 Å². The van der Waals surface area contributed by atoms with E-state index in [2.05, 4.69) is 38.4 Å². The second-order valence-electron chi connectivity index (χ2n) is 7.11. The molecule has 2 amide bonds. The van der Waals surface area contributed by atoms with Crippen LogP contribution in [-0.2, 0) is 0 Å². The molecule has 0 bridgehead atoms. The molecule has 0 spiro atoms. The lowest BCUT2D eigenvalue weighted by atomic mass is 10.0. The Bertz CT molecular complexity index is 1100. The summed E-state index contributed by atoms with van der Waals surface area (Å²) in [6.07, 6.45) is 3.56. The van der Waals surface area contributed by atoms with E-state index in [1.165, 1.54) is 0 Å². The molecule has 0 aliphatic carbocycles. The van der Waals surface area contributed by atoms with Crippen molar-refractivity contribution in [3.05, 3.63) is 66.1 Å². The molecule has 1 unspecified atom stereocenters. The van der Waals surface area contributed by atoms with Gasteiger partial charge in [-0.25, -0.2) is 9.78 Å². The van der Waals surface area contributed by atoms with Crippen LogP contribution in [0.15, 0.2) is 55.0 Å². The first-order chi connectivity index (χ1) is 14.1. The summed E-state index contributed by atoms with van der Waals surface area (Å²) in [5.74, 6) is 0.525. The number of nitriles is 1. The van der Waals surface area contributed by atoms with Crippen LogP contribution in [0, 0.1) is 11.3 Å². The van der Waals surface area contributed by atoms with E-state index in [0.29, 0.717) is 23.5 Å². The van der Waals surface area contributed by atoms with Gasteiger partial charge in [-0.3, -0.25) is 0 Å². The molecule has 2 aromatic carbocycles. The van der Waals surface area contributed by atoms with Crippen molar-refractivity contribution < 1.29 is 9.53 Å². The number of nitrogens with zero attached hydrogens (tertiary/aromatic N) is 3. The van der Waals surface area contributed by atoms with Crippen LogP contribution in [0.25, 0.3) is 11.3 Å². The third-order valence-corrected chi connectivity index (χ3v) is 4.77. The Kier molecular flexibility index (Phi) is 4.92. The lowest BCUT2D eigenvalue weighted by molar-refractivity contribution is 0.241. The molecule has 0 fully saturated rings. The lowest BCUT2D eigenvalue weighted by Crippen LogP contribution is -2.33. The number of urea groups is 1. The maximum atomic E-state index is 12.6. The first-order valence-electron chi connectivity index (χ1n) is 9.43. The van der Waals surface area contributed by atoms with Crippen LogP contribution in [0.4, 0.5) is 10.5 Å². The number of rotatable bonds is 5. The van der Waals surface area contributed by atoms with Crippen LogP contribution < -0.4 is 15.4 Å². The maximum Gasteiger partial charge on any atom is 0.319 e. The molecule has 1 aliphatic heterocycles. The molecule has 29 heavy (non-hydrogen) atoms. The Morgan fingerprint density at radius 2 is 2.14 bits per heavy atom. The zero-order valence-corrected chi connectivity index (χ0v) is 16.2. The number of hydrogen-bond acceptors (Lipinski definition) is 4. The first-order valence-corrected chi connectivity index (χ1v) is 9.43. The van der Waals surface area contributed by atoms with Crippen molar-refractivity contribution >= 4 is 11.7 Å². The number of carbonyl (C=O) groups is 1. The monoisotopic (exact) mass is 387 g/mol. The molecule has 1 atom stereocenters. The summed E-state index contributed by atoms with van der Waals surface area (Å²) in [6.45, 7) is 4.22. The van der Waals surface area contributed by atoms with E-state index in [9.17, 15) is 4.79 Å². The van der Waals surface area contributed by atoms with Crippen LogP contribution in [0.5, 0.6) is 5.75 Å². The van der Waals surface area contributed by atoms with Crippen molar-refractivity contribution in [2.45, 2.75) is 26.0 Å². The number of benzene rings is 2. The third-order valence-electron chi connectivity index (χ3n) is 4.77. The summed E-state index contributed by atoms with van der Waals surface area (Å²) < 4.78 is 7.81. The Hall–Kier alpha value is -3.79. The number of imidazole rings is 1. The van der Waals surface area contributed by atoms with Gasteiger partial charge in [-0.15, -0.1) is 0 Å². The highest BCUT2D eigenvalue weighted by Gasteiger charge is 2.28. The normalized spacial score (nSPS) is 14.1. The van der Waals surface area contributed by atoms with Crippen LogP contribution in [0.2, 0.25) is 0 Å². The Balaban J connectivity index is 1.49. The van der Waals surface area contributed by atoms with Crippen LogP contribution in [-0.4, -0.2) is 28.2 Å². The van der Waals surface area contributed by atoms with Crippen molar-refractivity contribution in [3.8, 4) is 23.1 Å². The number of nitrogens with one attached hydrogen (secondary N) is 2. The standard InChI is InChI=1S/C22H21N5O2/c1-14(2)29-21-8-7-15(10-23)9-18(21)26-22(28)25-12-20-17-6-4-3-5-16(17)19-11-24-13-27(19)20/h3-9,11,13-14,20H,12H2,1-2H3,(H2,25,26,28). The fourth-order valence-electron chi connectivity index (χ4n) is 3.55. The zero-order valence-electron chi connectivity index (χ0n) is 16.2. The van der Waals surface area contributed by atoms with Gasteiger partial charge in [-0.1, -0.05) is 24.3 Å². The van der Waals surface area contributed by atoms with E-state index >= 15 is 0 Å². The molecule has 1 aliphatic rings. The van der Waals surface area contributed by atoms with Gasteiger partial charge < -0.3 is 19.9 Å². The van der Waals surface area contributed by atoms with Gasteiger partial charge in [-0.05, 0) is 37.6 Å². The van der Waals surface area contributed by atoms with Crippen molar-refractivity contribution in [2.75, 3.05) is 11.9 Å². The van der Waals surface area contributed by atoms with Crippen molar-refractivity contribution in [1.29, 1.82) is 5.26 Å². The van der Waals surface area contributed by atoms with Gasteiger partial charge in [0, 0.05) is 12.1 Å². The van der Waals surface area contributed by atoms with Crippen LogP contribution >= 0.6 is 0 Å². The molecular formula is C22H21N5O2. The molecule has 4 rings (SSSR count). The smallest absolute Gasteiger partial charge is 0.319 e. The molecule has 0 saturated heterocycles. The van der Waals surface area contributed by atoms with E-state index in [-0.39, 0.29) is 18.2 Å². The molecule has 7 heteroatoms. The summed E-state index contributed by atoms with van der Waals surface area (Å²) in [7, 11) is 0. The molecule has 0 saturated carbocycles. The molecule has 1 aromatic heterocycles. The van der Waals surface area contributed by atoms with Gasteiger partial charge in [0.15, 0.2) is 0 Å². The van der Waals surface area contributed by atoms with E-state index in [0.717, 1.165) is 16.8 Å². The van der Waals surface area contributed by atoms with Gasteiger partial charge >= 0.3 is 6.03 Å². The minimum atomic E-state index is -0.361. The van der Waals surface area contributed by atoms with Crippen molar-refractivity contribution in [2.24, 2.45) is 0 Å². The summed E-state index contributed by atoms with van der Waals surface area (Å²) in [4.78, 5) is 16.8. The summed E-state index contributed by atoms with van der Waals surface area (Å²) in [5.41, 5.74) is 4.24. The first kappa shape index (κ1) is 18.6. The van der Waals surface area contributed by atoms with Gasteiger partial charge in [-0.2, -0.15) is 5.26 Å². The fourth-order valence-corrected chi connectivity index (χ4v) is 3.55. The number of fused-ring (bicyclic) bond motifs is 3. The van der Waals surface area contributed by atoms with Gasteiger partial charge in [0.1, 0.15) is 5.75 Å². The van der Waals surface area contributed by atoms with E-state index in [1.54, 1.807) is 24.5 Å². The van der Waals surface area contributed by atoms with Gasteiger partial charge in [0.2, 0.25) is 0 Å². The van der Waals surface area contributed by atoms with Gasteiger partial charge in [0.05, 0.1) is 47.7 Å². The molecule has 146 valence electrons. The third kappa shape index (κ3) is 3.65. The van der Waals surface area contributed by atoms with Gasteiger partial charge in [0.25, 0.3) is 0 Å². The fraction of sp³-hybridized carbons (Fsp3) is 0.227. The number of hydrogen-bond donors (Lipinski definition) is 2. The lowest BCUT2D eigenvalue weighted by Gasteiger charge is -2.18. The van der Waals surface area contributed by atoms with E-state index < -0.39 is 0 Å². The average Bonchev–Trinajstić information content (AvgIpc) is 3.29. The van der Waals surface area contributed by atoms with E-state index in [1.807, 2.05) is 32.2 Å².